The lowest BCUT2D eigenvalue weighted by Gasteiger charge is -2.16. The Balaban J connectivity index is 2.69. The van der Waals surface area contributed by atoms with Gasteiger partial charge in [0.05, 0.1) is 13.2 Å². The number of rotatable bonds is 4. The fourth-order valence-electron chi connectivity index (χ4n) is 1.28. The van der Waals surface area contributed by atoms with Crippen LogP contribution < -0.4 is 9.64 Å². The largest absolute Gasteiger partial charge is 0.497 e. The third kappa shape index (κ3) is 2.99. The molecule has 0 aromatic heterocycles. The molecule has 0 atom stereocenters. The Morgan fingerprint density at radius 3 is 2.56 bits per heavy atom. The Hall–Kier alpha value is -2.02. The van der Waals surface area contributed by atoms with Gasteiger partial charge in [0.25, 0.3) is 0 Å². The van der Waals surface area contributed by atoms with E-state index in [1.165, 1.54) is 4.90 Å². The molecule has 1 rings (SSSR count). The monoisotopic (exact) mass is 218 g/mol. The van der Waals surface area contributed by atoms with Crippen molar-refractivity contribution in [1.82, 2.24) is 0 Å². The highest BCUT2D eigenvalue weighted by atomic mass is 16.5. The van der Waals surface area contributed by atoms with Crippen molar-refractivity contribution in [2.75, 3.05) is 19.1 Å². The molecule has 0 spiro atoms. The SMILES string of the molecule is COc1ccc(N(C)C(=O)CCC#N)cc1. The smallest absolute Gasteiger partial charge is 0.227 e. The first kappa shape index (κ1) is 12.1. The Morgan fingerprint density at radius 1 is 1.44 bits per heavy atom. The molecule has 16 heavy (non-hydrogen) atoms. The summed E-state index contributed by atoms with van der Waals surface area (Å²) in [5.41, 5.74) is 0.795. The molecule has 84 valence electrons. The number of ether oxygens (including phenoxy) is 1. The zero-order valence-electron chi connectivity index (χ0n) is 9.43. The van der Waals surface area contributed by atoms with E-state index in [1.807, 2.05) is 18.2 Å². The number of methoxy groups -OCH3 is 1. The molecular weight excluding hydrogens is 204 g/mol. The molecule has 4 heteroatoms. The predicted molar refractivity (Wildman–Crippen MR) is 61.3 cm³/mol. The summed E-state index contributed by atoms with van der Waals surface area (Å²) >= 11 is 0. The van der Waals surface area contributed by atoms with Crippen molar-refractivity contribution < 1.29 is 9.53 Å². The van der Waals surface area contributed by atoms with E-state index in [0.29, 0.717) is 0 Å². The molecule has 0 N–H and O–H groups in total. The van der Waals surface area contributed by atoms with Crippen LogP contribution in [-0.4, -0.2) is 20.1 Å². The number of amides is 1. The number of nitriles is 1. The molecule has 4 nitrogen and oxygen atoms in total. The standard InChI is InChI=1S/C12H14N2O2/c1-14(12(15)4-3-9-13)10-5-7-11(16-2)8-6-10/h5-8H,3-4H2,1-2H3. The van der Waals surface area contributed by atoms with E-state index in [4.69, 9.17) is 10.00 Å². The molecule has 0 aliphatic carbocycles. The summed E-state index contributed by atoms with van der Waals surface area (Å²) in [6, 6.07) is 9.16. The lowest BCUT2D eigenvalue weighted by Crippen LogP contribution is -2.25. The minimum Gasteiger partial charge on any atom is -0.497 e. The van der Waals surface area contributed by atoms with Gasteiger partial charge in [-0.2, -0.15) is 5.26 Å². The molecule has 0 saturated heterocycles. The normalized spacial score (nSPS) is 9.31. The van der Waals surface area contributed by atoms with Gasteiger partial charge in [-0.1, -0.05) is 0 Å². The van der Waals surface area contributed by atoms with Crippen molar-refractivity contribution >= 4 is 11.6 Å². The summed E-state index contributed by atoms with van der Waals surface area (Å²) in [7, 11) is 3.29. The first-order valence-electron chi connectivity index (χ1n) is 4.96. The van der Waals surface area contributed by atoms with Crippen molar-refractivity contribution in [2.45, 2.75) is 12.8 Å². The summed E-state index contributed by atoms with van der Waals surface area (Å²) in [4.78, 5) is 13.1. The van der Waals surface area contributed by atoms with Crippen LogP contribution in [0.15, 0.2) is 24.3 Å². The van der Waals surface area contributed by atoms with E-state index < -0.39 is 0 Å². The summed E-state index contributed by atoms with van der Waals surface area (Å²) in [6.07, 6.45) is 0.498. The molecule has 1 aromatic carbocycles. The van der Waals surface area contributed by atoms with Crippen molar-refractivity contribution in [3.8, 4) is 11.8 Å². The van der Waals surface area contributed by atoms with Crippen LogP contribution in [0.3, 0.4) is 0 Å². The van der Waals surface area contributed by atoms with Gasteiger partial charge in [-0.05, 0) is 24.3 Å². The number of carbonyl (C=O) groups excluding carboxylic acids is 1. The van der Waals surface area contributed by atoms with Gasteiger partial charge in [-0.15, -0.1) is 0 Å². The van der Waals surface area contributed by atoms with Crippen molar-refractivity contribution in [2.24, 2.45) is 0 Å². The minimum atomic E-state index is -0.0632. The molecule has 0 aliphatic rings. The van der Waals surface area contributed by atoms with Gasteiger partial charge in [0.15, 0.2) is 0 Å². The van der Waals surface area contributed by atoms with E-state index in [9.17, 15) is 4.79 Å². The average molecular weight is 218 g/mol. The number of anilines is 1. The molecular formula is C12H14N2O2. The van der Waals surface area contributed by atoms with Gasteiger partial charge in [0, 0.05) is 25.6 Å². The van der Waals surface area contributed by atoms with E-state index in [2.05, 4.69) is 0 Å². The maximum absolute atomic E-state index is 11.6. The first-order valence-corrected chi connectivity index (χ1v) is 4.96. The molecule has 0 unspecified atom stereocenters. The summed E-state index contributed by atoms with van der Waals surface area (Å²) in [6.45, 7) is 0. The predicted octanol–water partition coefficient (Wildman–Crippen LogP) is 1.96. The van der Waals surface area contributed by atoms with E-state index in [-0.39, 0.29) is 18.7 Å². The Labute approximate surface area is 95.0 Å². The maximum Gasteiger partial charge on any atom is 0.227 e. The topological polar surface area (TPSA) is 53.3 Å². The fraction of sp³-hybridized carbons (Fsp3) is 0.333. The number of benzene rings is 1. The number of hydrogen-bond donors (Lipinski definition) is 0. The maximum atomic E-state index is 11.6. The fourth-order valence-corrected chi connectivity index (χ4v) is 1.28. The zero-order chi connectivity index (χ0) is 12.0. The van der Waals surface area contributed by atoms with Crippen LogP contribution in [0.25, 0.3) is 0 Å². The van der Waals surface area contributed by atoms with Gasteiger partial charge in [0.2, 0.25) is 5.91 Å². The highest BCUT2D eigenvalue weighted by molar-refractivity contribution is 5.92. The van der Waals surface area contributed by atoms with Crippen molar-refractivity contribution in [3.05, 3.63) is 24.3 Å². The highest BCUT2D eigenvalue weighted by Gasteiger charge is 2.09. The third-order valence-corrected chi connectivity index (χ3v) is 2.28. The Kier molecular flexibility index (Phi) is 4.34. The molecule has 0 saturated carbocycles. The zero-order valence-corrected chi connectivity index (χ0v) is 9.43. The number of hydrogen-bond acceptors (Lipinski definition) is 3. The third-order valence-electron chi connectivity index (χ3n) is 2.28. The average Bonchev–Trinajstić information content (AvgIpc) is 2.35. The van der Waals surface area contributed by atoms with Crippen molar-refractivity contribution in [1.29, 1.82) is 5.26 Å². The molecule has 0 bridgehead atoms. The van der Waals surface area contributed by atoms with Crippen molar-refractivity contribution in [3.63, 3.8) is 0 Å². The van der Waals surface area contributed by atoms with Crippen LogP contribution in [0, 0.1) is 11.3 Å². The Morgan fingerprint density at radius 2 is 2.06 bits per heavy atom. The second-order valence-electron chi connectivity index (χ2n) is 3.31. The van der Waals surface area contributed by atoms with Crippen LogP contribution in [0.2, 0.25) is 0 Å². The van der Waals surface area contributed by atoms with E-state index in [1.54, 1.807) is 26.3 Å². The van der Waals surface area contributed by atoms with Crippen LogP contribution in [0.4, 0.5) is 5.69 Å². The van der Waals surface area contributed by atoms with Gasteiger partial charge in [-0.25, -0.2) is 0 Å². The van der Waals surface area contributed by atoms with Crippen LogP contribution >= 0.6 is 0 Å². The van der Waals surface area contributed by atoms with Gasteiger partial charge in [-0.3, -0.25) is 4.79 Å². The Bertz CT molecular complexity index is 392. The molecule has 0 aliphatic heterocycles. The quantitative estimate of drug-likeness (QED) is 0.776. The summed E-state index contributed by atoms with van der Waals surface area (Å²) < 4.78 is 5.03. The first-order chi connectivity index (χ1) is 7.69. The van der Waals surface area contributed by atoms with E-state index in [0.717, 1.165) is 11.4 Å². The molecule has 1 aromatic rings. The van der Waals surface area contributed by atoms with Gasteiger partial charge in [0.1, 0.15) is 5.75 Å². The molecule has 0 radical (unpaired) electrons. The van der Waals surface area contributed by atoms with Crippen LogP contribution in [-0.2, 0) is 4.79 Å². The minimum absolute atomic E-state index is 0.0632. The molecule has 0 fully saturated rings. The second kappa shape index (κ2) is 5.76. The highest BCUT2D eigenvalue weighted by Crippen LogP contribution is 2.18. The summed E-state index contributed by atoms with van der Waals surface area (Å²) in [5, 5.41) is 8.40. The summed E-state index contributed by atoms with van der Waals surface area (Å²) in [5.74, 6) is 0.688. The number of nitrogens with zero attached hydrogens (tertiary/aromatic N) is 2. The van der Waals surface area contributed by atoms with Crippen LogP contribution in [0.1, 0.15) is 12.8 Å². The second-order valence-corrected chi connectivity index (χ2v) is 3.31. The number of carbonyl (C=O) groups is 1. The lowest BCUT2D eigenvalue weighted by atomic mass is 10.2. The van der Waals surface area contributed by atoms with E-state index >= 15 is 0 Å². The van der Waals surface area contributed by atoms with Crippen LogP contribution in [0.5, 0.6) is 5.75 Å². The van der Waals surface area contributed by atoms with Gasteiger partial charge >= 0.3 is 0 Å². The molecule has 1 amide bonds. The van der Waals surface area contributed by atoms with Gasteiger partial charge < -0.3 is 9.64 Å². The lowest BCUT2D eigenvalue weighted by molar-refractivity contribution is -0.118. The molecule has 0 heterocycles.